The van der Waals surface area contributed by atoms with Crippen LogP contribution in [0.4, 0.5) is 28.8 Å². The Morgan fingerprint density at radius 3 is 2.06 bits per heavy atom. The molecule has 0 unspecified atom stereocenters. The molecule has 0 atom stereocenters. The summed E-state index contributed by atoms with van der Waals surface area (Å²) in [5, 5.41) is 15.6. The fourth-order valence-corrected chi connectivity index (χ4v) is 3.86. The van der Waals surface area contributed by atoms with Crippen molar-refractivity contribution in [3.05, 3.63) is 65.4 Å². The number of hydrogen-bond donors (Lipinski definition) is 2. The molecule has 3 aromatic rings. The largest absolute Gasteiger partial charge is 0.371 e. The van der Waals surface area contributed by atoms with Crippen LogP contribution in [0.3, 0.4) is 0 Å². The van der Waals surface area contributed by atoms with Crippen LogP contribution in [0.2, 0.25) is 0 Å². The van der Waals surface area contributed by atoms with Crippen LogP contribution in [0.1, 0.15) is 44.4 Å². The van der Waals surface area contributed by atoms with E-state index in [1.54, 1.807) is 18.3 Å². The van der Waals surface area contributed by atoms with Crippen molar-refractivity contribution in [3.63, 3.8) is 0 Å². The second-order valence-corrected chi connectivity index (χ2v) is 9.35. The lowest BCUT2D eigenvalue weighted by atomic mass is 10.0. The van der Waals surface area contributed by atoms with Crippen molar-refractivity contribution in [1.82, 2.24) is 9.97 Å². The Kier molecular flexibility index (Phi) is 7.89. The molecule has 0 saturated carbocycles. The molecule has 0 fully saturated rings. The molecule has 2 aromatic carbocycles. The van der Waals surface area contributed by atoms with Gasteiger partial charge >= 0.3 is 0 Å². The molecule has 1 aromatic heterocycles. The summed E-state index contributed by atoms with van der Waals surface area (Å²) in [6.07, 6.45) is 1.73. The van der Waals surface area contributed by atoms with E-state index in [2.05, 4.69) is 85.2 Å². The van der Waals surface area contributed by atoms with Crippen LogP contribution in [0.25, 0.3) is 0 Å². The van der Waals surface area contributed by atoms with Gasteiger partial charge in [-0.15, -0.1) is 0 Å². The molecular formula is C27H34N6. The van der Waals surface area contributed by atoms with Gasteiger partial charge in [-0.25, -0.2) is 4.98 Å². The van der Waals surface area contributed by atoms with Gasteiger partial charge in [0.1, 0.15) is 5.82 Å². The highest BCUT2D eigenvalue weighted by Crippen LogP contribution is 2.30. The molecule has 3 rings (SSSR count). The number of rotatable bonds is 9. The van der Waals surface area contributed by atoms with Gasteiger partial charge in [0.25, 0.3) is 0 Å². The lowest BCUT2D eigenvalue weighted by Crippen LogP contribution is -2.31. The molecule has 0 radical (unpaired) electrons. The average Bonchev–Trinajstić information content (AvgIpc) is 2.76. The summed E-state index contributed by atoms with van der Waals surface area (Å²) in [6.45, 7) is 15.4. The second kappa shape index (κ2) is 10.8. The monoisotopic (exact) mass is 442 g/mol. The number of anilines is 5. The molecule has 0 aliphatic rings. The molecule has 0 aliphatic heterocycles. The maximum absolute atomic E-state index is 8.96. The van der Waals surface area contributed by atoms with Crippen molar-refractivity contribution in [3.8, 4) is 6.07 Å². The number of nitrogens with zero attached hydrogens (tertiary/aromatic N) is 4. The molecule has 6 heteroatoms. The number of hydrogen-bond acceptors (Lipinski definition) is 6. The maximum atomic E-state index is 8.96. The number of nitrogens with one attached hydrogen (secondary N) is 2. The molecule has 0 amide bonds. The molecule has 0 aliphatic carbocycles. The van der Waals surface area contributed by atoms with E-state index in [4.69, 9.17) is 5.26 Å². The molecule has 0 bridgehead atoms. The molecule has 2 N–H and O–H groups in total. The van der Waals surface area contributed by atoms with Crippen molar-refractivity contribution in [2.75, 3.05) is 28.6 Å². The first kappa shape index (κ1) is 24.1. The van der Waals surface area contributed by atoms with Crippen LogP contribution in [0.15, 0.2) is 48.7 Å². The smallest absolute Gasteiger partial charge is 0.229 e. The first-order valence-corrected chi connectivity index (χ1v) is 11.5. The van der Waals surface area contributed by atoms with E-state index in [1.165, 1.54) is 16.8 Å². The van der Waals surface area contributed by atoms with E-state index >= 15 is 0 Å². The first-order valence-electron chi connectivity index (χ1n) is 11.5. The van der Waals surface area contributed by atoms with Crippen molar-refractivity contribution in [2.24, 2.45) is 11.8 Å². The fraction of sp³-hybridized carbons (Fsp3) is 0.370. The van der Waals surface area contributed by atoms with Gasteiger partial charge < -0.3 is 15.5 Å². The van der Waals surface area contributed by atoms with Crippen LogP contribution in [-0.2, 0) is 0 Å². The second-order valence-electron chi connectivity index (χ2n) is 9.35. The van der Waals surface area contributed by atoms with Crippen LogP contribution < -0.4 is 15.5 Å². The topological polar surface area (TPSA) is 76.9 Å². The van der Waals surface area contributed by atoms with Gasteiger partial charge in [-0.05, 0) is 79.3 Å². The van der Waals surface area contributed by atoms with Crippen molar-refractivity contribution < 1.29 is 0 Å². The van der Waals surface area contributed by atoms with Crippen LogP contribution in [-0.4, -0.2) is 23.1 Å². The fourth-order valence-electron chi connectivity index (χ4n) is 3.86. The number of aryl methyl sites for hydroxylation is 2. The zero-order valence-corrected chi connectivity index (χ0v) is 20.5. The standard InChI is InChI=1S/C27H34N6/c1-18(2)16-33(17-19(3)4)24-13-20(5)26(21(6)14-24)31-25-11-12-29-27(32-25)30-23-9-7-22(15-28)8-10-23/h7-14,18-19H,16-17H2,1-6H3,(H2,29,30,31,32). The molecule has 33 heavy (non-hydrogen) atoms. The Bertz CT molecular complexity index is 1080. The normalized spacial score (nSPS) is 10.9. The van der Waals surface area contributed by atoms with E-state index in [9.17, 15) is 0 Å². The lowest BCUT2D eigenvalue weighted by Gasteiger charge is -2.30. The Labute approximate surface area is 197 Å². The van der Waals surface area contributed by atoms with Gasteiger partial charge in [-0.3, -0.25) is 0 Å². The average molecular weight is 443 g/mol. The quantitative estimate of drug-likeness (QED) is 0.390. The lowest BCUT2D eigenvalue weighted by molar-refractivity contribution is 0.552. The third-order valence-electron chi connectivity index (χ3n) is 5.23. The number of aromatic nitrogens is 2. The van der Waals surface area contributed by atoms with Gasteiger partial charge in [0.15, 0.2) is 0 Å². The highest BCUT2D eigenvalue weighted by Gasteiger charge is 2.14. The Balaban J connectivity index is 1.80. The predicted octanol–water partition coefficient (Wildman–Crippen LogP) is 6.57. The summed E-state index contributed by atoms with van der Waals surface area (Å²) >= 11 is 0. The van der Waals surface area contributed by atoms with Gasteiger partial charge in [0, 0.05) is 36.3 Å². The van der Waals surface area contributed by atoms with Gasteiger partial charge in [-0.2, -0.15) is 10.2 Å². The van der Waals surface area contributed by atoms with Gasteiger partial charge in [-0.1, -0.05) is 27.7 Å². The summed E-state index contributed by atoms with van der Waals surface area (Å²) in [7, 11) is 0. The molecule has 6 nitrogen and oxygen atoms in total. The number of benzene rings is 2. The van der Waals surface area contributed by atoms with E-state index in [-0.39, 0.29) is 0 Å². The summed E-state index contributed by atoms with van der Waals surface area (Å²) in [4.78, 5) is 11.4. The predicted molar refractivity (Wildman–Crippen MR) is 138 cm³/mol. The molecular weight excluding hydrogens is 408 g/mol. The highest BCUT2D eigenvalue weighted by molar-refractivity contribution is 5.70. The summed E-state index contributed by atoms with van der Waals surface area (Å²) < 4.78 is 0. The van der Waals surface area contributed by atoms with E-state index in [0.717, 1.165) is 30.3 Å². The highest BCUT2D eigenvalue weighted by atomic mass is 15.1. The van der Waals surface area contributed by atoms with Crippen LogP contribution in [0, 0.1) is 37.0 Å². The summed E-state index contributed by atoms with van der Waals surface area (Å²) in [5.41, 5.74) is 6.15. The Morgan fingerprint density at radius 2 is 1.52 bits per heavy atom. The molecule has 0 spiro atoms. The van der Waals surface area contributed by atoms with E-state index < -0.39 is 0 Å². The minimum atomic E-state index is 0.497. The summed E-state index contributed by atoms with van der Waals surface area (Å²) in [5.74, 6) is 2.42. The zero-order chi connectivity index (χ0) is 24.0. The van der Waals surface area contributed by atoms with Gasteiger partial charge in [0.2, 0.25) is 5.95 Å². The maximum Gasteiger partial charge on any atom is 0.229 e. The van der Waals surface area contributed by atoms with Crippen LogP contribution in [0.5, 0.6) is 0 Å². The number of nitriles is 1. The van der Waals surface area contributed by atoms with Crippen LogP contribution >= 0.6 is 0 Å². The van der Waals surface area contributed by atoms with E-state index in [1.807, 2.05) is 18.2 Å². The molecule has 1 heterocycles. The molecule has 0 saturated heterocycles. The minimum Gasteiger partial charge on any atom is -0.371 e. The van der Waals surface area contributed by atoms with Crippen molar-refractivity contribution in [2.45, 2.75) is 41.5 Å². The first-order chi connectivity index (χ1) is 15.7. The van der Waals surface area contributed by atoms with E-state index in [0.29, 0.717) is 23.3 Å². The van der Waals surface area contributed by atoms with Crippen molar-refractivity contribution in [1.29, 1.82) is 5.26 Å². The molecule has 172 valence electrons. The SMILES string of the molecule is Cc1cc(N(CC(C)C)CC(C)C)cc(C)c1Nc1ccnc(Nc2ccc(C#N)cc2)n1. The Hall–Kier alpha value is -3.59. The zero-order valence-electron chi connectivity index (χ0n) is 20.5. The summed E-state index contributed by atoms with van der Waals surface area (Å²) in [6, 6.07) is 15.7. The Morgan fingerprint density at radius 1 is 0.909 bits per heavy atom. The minimum absolute atomic E-state index is 0.497. The third-order valence-corrected chi connectivity index (χ3v) is 5.23. The van der Waals surface area contributed by atoms with Gasteiger partial charge in [0.05, 0.1) is 11.6 Å². The third kappa shape index (κ3) is 6.69. The van der Waals surface area contributed by atoms with Crippen molar-refractivity contribution >= 4 is 28.8 Å².